The van der Waals surface area contributed by atoms with Gasteiger partial charge in [-0.1, -0.05) is 6.92 Å². The standard InChI is InChI=1S/C18H22N4O3/c1-5-8-19-16-6-7-17-20-11-13(22(17)21-16)12-9-14(23-2)18(25-4)15(10-12)24-3/h6-7,9-11H,5,8H2,1-4H3,(H,19,21). The first-order chi connectivity index (χ1) is 12.2. The third-order valence-electron chi connectivity index (χ3n) is 3.88. The van der Waals surface area contributed by atoms with Gasteiger partial charge in [-0.3, -0.25) is 0 Å². The molecule has 3 aromatic rings. The highest BCUT2D eigenvalue weighted by molar-refractivity contribution is 5.70. The SMILES string of the molecule is CCCNc1ccc2ncc(-c3cc(OC)c(OC)c(OC)c3)n2n1. The van der Waals surface area contributed by atoms with Gasteiger partial charge in [-0.25, -0.2) is 9.50 Å². The van der Waals surface area contributed by atoms with E-state index in [4.69, 9.17) is 14.2 Å². The first-order valence-electron chi connectivity index (χ1n) is 8.10. The van der Waals surface area contributed by atoms with Crippen molar-refractivity contribution < 1.29 is 14.2 Å². The highest BCUT2D eigenvalue weighted by atomic mass is 16.5. The molecule has 7 heteroatoms. The van der Waals surface area contributed by atoms with E-state index in [2.05, 4.69) is 22.3 Å². The van der Waals surface area contributed by atoms with Gasteiger partial charge in [0.25, 0.3) is 0 Å². The summed E-state index contributed by atoms with van der Waals surface area (Å²) in [5.41, 5.74) is 2.49. The molecule has 0 atom stereocenters. The van der Waals surface area contributed by atoms with E-state index in [1.165, 1.54) is 0 Å². The second-order valence-corrected chi connectivity index (χ2v) is 5.47. The van der Waals surface area contributed by atoms with Crippen LogP contribution < -0.4 is 19.5 Å². The van der Waals surface area contributed by atoms with Gasteiger partial charge in [0.05, 0.1) is 33.2 Å². The van der Waals surface area contributed by atoms with E-state index in [0.717, 1.165) is 35.7 Å². The van der Waals surface area contributed by atoms with Gasteiger partial charge in [0.2, 0.25) is 5.75 Å². The number of fused-ring (bicyclic) bond motifs is 1. The van der Waals surface area contributed by atoms with Crippen LogP contribution in [0.25, 0.3) is 16.9 Å². The van der Waals surface area contributed by atoms with E-state index in [1.54, 1.807) is 32.0 Å². The van der Waals surface area contributed by atoms with E-state index in [-0.39, 0.29) is 0 Å². The molecule has 7 nitrogen and oxygen atoms in total. The maximum atomic E-state index is 5.44. The summed E-state index contributed by atoms with van der Waals surface area (Å²) in [7, 11) is 4.78. The molecule has 0 fully saturated rings. The van der Waals surface area contributed by atoms with Crippen LogP contribution in [0.3, 0.4) is 0 Å². The van der Waals surface area contributed by atoms with Crippen molar-refractivity contribution in [2.75, 3.05) is 33.2 Å². The average Bonchev–Trinajstić information content (AvgIpc) is 3.08. The number of ether oxygens (including phenoxy) is 3. The fraction of sp³-hybridized carbons (Fsp3) is 0.333. The van der Waals surface area contributed by atoms with Crippen LogP contribution in [-0.2, 0) is 0 Å². The minimum absolute atomic E-state index is 0.556. The summed E-state index contributed by atoms with van der Waals surface area (Å²) in [6.07, 6.45) is 2.82. The number of nitrogens with zero attached hydrogens (tertiary/aromatic N) is 3. The Labute approximate surface area is 146 Å². The summed E-state index contributed by atoms with van der Waals surface area (Å²) in [5, 5.41) is 7.92. The van der Waals surface area contributed by atoms with E-state index in [9.17, 15) is 0 Å². The number of hydrogen-bond donors (Lipinski definition) is 1. The number of anilines is 1. The minimum Gasteiger partial charge on any atom is -0.493 e. The lowest BCUT2D eigenvalue weighted by Gasteiger charge is -2.14. The smallest absolute Gasteiger partial charge is 0.203 e. The Morgan fingerprint density at radius 2 is 1.76 bits per heavy atom. The number of rotatable bonds is 7. The molecule has 0 unspecified atom stereocenters. The molecule has 0 aliphatic rings. The number of methoxy groups -OCH3 is 3. The van der Waals surface area contributed by atoms with Gasteiger partial charge >= 0.3 is 0 Å². The van der Waals surface area contributed by atoms with Crippen molar-refractivity contribution in [3.8, 4) is 28.5 Å². The van der Waals surface area contributed by atoms with Crippen molar-refractivity contribution in [2.45, 2.75) is 13.3 Å². The van der Waals surface area contributed by atoms with Gasteiger partial charge in [0.15, 0.2) is 17.1 Å². The van der Waals surface area contributed by atoms with Crippen LogP contribution in [0.15, 0.2) is 30.5 Å². The molecule has 1 aromatic carbocycles. The molecule has 0 saturated heterocycles. The summed E-state index contributed by atoms with van der Waals surface area (Å²) in [6.45, 7) is 2.98. The molecule has 0 aliphatic heterocycles. The molecule has 0 aliphatic carbocycles. The lowest BCUT2D eigenvalue weighted by Crippen LogP contribution is -2.05. The molecule has 2 aromatic heterocycles. The zero-order valence-corrected chi connectivity index (χ0v) is 14.9. The molecule has 3 rings (SSSR count). The van der Waals surface area contributed by atoms with Gasteiger partial charge in [-0.15, -0.1) is 5.10 Å². The summed E-state index contributed by atoms with van der Waals surface area (Å²) in [4.78, 5) is 4.43. The molecular weight excluding hydrogens is 320 g/mol. The van der Waals surface area contributed by atoms with Crippen molar-refractivity contribution >= 4 is 11.5 Å². The monoisotopic (exact) mass is 342 g/mol. The first kappa shape index (κ1) is 16.9. The zero-order valence-electron chi connectivity index (χ0n) is 14.9. The van der Waals surface area contributed by atoms with Crippen LogP contribution >= 0.6 is 0 Å². The van der Waals surface area contributed by atoms with Gasteiger partial charge in [-0.05, 0) is 30.7 Å². The maximum Gasteiger partial charge on any atom is 0.203 e. The molecule has 25 heavy (non-hydrogen) atoms. The Kier molecular flexibility index (Phi) is 4.92. The third kappa shape index (κ3) is 3.17. The minimum atomic E-state index is 0.556. The van der Waals surface area contributed by atoms with Crippen molar-refractivity contribution in [1.82, 2.24) is 14.6 Å². The fourth-order valence-corrected chi connectivity index (χ4v) is 2.65. The predicted octanol–water partition coefficient (Wildman–Crippen LogP) is 3.24. The second kappa shape index (κ2) is 7.29. The Balaban J connectivity index is 2.12. The summed E-state index contributed by atoms with van der Waals surface area (Å²) < 4.78 is 18.1. The molecule has 2 heterocycles. The zero-order chi connectivity index (χ0) is 17.8. The summed E-state index contributed by atoms with van der Waals surface area (Å²) in [5.74, 6) is 2.54. The molecule has 1 N–H and O–H groups in total. The van der Waals surface area contributed by atoms with E-state index in [0.29, 0.717) is 17.2 Å². The third-order valence-corrected chi connectivity index (χ3v) is 3.88. The van der Waals surface area contributed by atoms with Crippen molar-refractivity contribution in [1.29, 1.82) is 0 Å². The van der Waals surface area contributed by atoms with E-state index in [1.807, 2.05) is 24.3 Å². The molecule has 0 amide bonds. The predicted molar refractivity (Wildman–Crippen MR) is 96.9 cm³/mol. The topological polar surface area (TPSA) is 69.9 Å². The molecule has 0 saturated carbocycles. The van der Waals surface area contributed by atoms with Gasteiger partial charge in [-0.2, -0.15) is 0 Å². The van der Waals surface area contributed by atoms with E-state index >= 15 is 0 Å². The van der Waals surface area contributed by atoms with Crippen LogP contribution in [0.2, 0.25) is 0 Å². The van der Waals surface area contributed by atoms with Crippen LogP contribution in [0, 0.1) is 0 Å². The summed E-state index contributed by atoms with van der Waals surface area (Å²) in [6, 6.07) is 7.64. The van der Waals surface area contributed by atoms with E-state index < -0.39 is 0 Å². The number of aromatic nitrogens is 3. The van der Waals surface area contributed by atoms with Crippen molar-refractivity contribution in [2.24, 2.45) is 0 Å². The normalized spacial score (nSPS) is 10.7. The molecule has 132 valence electrons. The summed E-state index contributed by atoms with van der Waals surface area (Å²) >= 11 is 0. The average molecular weight is 342 g/mol. The Hall–Kier alpha value is -2.96. The van der Waals surface area contributed by atoms with Gasteiger partial charge < -0.3 is 19.5 Å². The van der Waals surface area contributed by atoms with Crippen molar-refractivity contribution in [3.05, 3.63) is 30.5 Å². The van der Waals surface area contributed by atoms with Crippen molar-refractivity contribution in [3.63, 3.8) is 0 Å². The van der Waals surface area contributed by atoms with Gasteiger partial charge in [0, 0.05) is 12.1 Å². The van der Waals surface area contributed by atoms with Crippen LogP contribution in [0.1, 0.15) is 13.3 Å². The first-order valence-corrected chi connectivity index (χ1v) is 8.10. The number of benzene rings is 1. The fourth-order valence-electron chi connectivity index (χ4n) is 2.65. The lowest BCUT2D eigenvalue weighted by molar-refractivity contribution is 0.324. The Morgan fingerprint density at radius 1 is 1.04 bits per heavy atom. The highest BCUT2D eigenvalue weighted by Crippen LogP contribution is 2.41. The van der Waals surface area contributed by atoms with Crippen LogP contribution in [0.5, 0.6) is 17.2 Å². The van der Waals surface area contributed by atoms with Crippen LogP contribution in [-0.4, -0.2) is 42.5 Å². The molecule has 0 bridgehead atoms. The maximum absolute atomic E-state index is 5.44. The molecular formula is C18H22N4O3. The molecule has 0 spiro atoms. The van der Waals surface area contributed by atoms with Crippen LogP contribution in [0.4, 0.5) is 5.82 Å². The molecule has 0 radical (unpaired) electrons. The number of imidazole rings is 1. The Bertz CT molecular complexity index is 851. The second-order valence-electron chi connectivity index (χ2n) is 5.47. The number of hydrogen-bond acceptors (Lipinski definition) is 6. The van der Waals surface area contributed by atoms with Gasteiger partial charge in [0.1, 0.15) is 5.82 Å². The number of nitrogens with one attached hydrogen (secondary N) is 1. The quantitative estimate of drug-likeness (QED) is 0.711. The lowest BCUT2D eigenvalue weighted by atomic mass is 10.1. The largest absolute Gasteiger partial charge is 0.493 e. The highest BCUT2D eigenvalue weighted by Gasteiger charge is 2.16. The Morgan fingerprint density at radius 3 is 2.36 bits per heavy atom.